The highest BCUT2D eigenvalue weighted by atomic mass is 35.5. The maximum absolute atomic E-state index is 11.0. The molecule has 6 nitrogen and oxygen atoms in total. The number of rotatable bonds is 4. The average Bonchev–Trinajstić information content (AvgIpc) is 2.20. The molecule has 82 valence electrons. The lowest BCUT2D eigenvalue weighted by atomic mass is 10.5. The Hall–Kier alpha value is -1.56. The van der Waals surface area contributed by atoms with Crippen molar-refractivity contribution in [2.24, 2.45) is 0 Å². The molecule has 1 aromatic rings. The first-order chi connectivity index (χ1) is 7.13. The lowest BCUT2D eigenvalue weighted by Gasteiger charge is -2.06. The maximum Gasteiger partial charge on any atom is 0.325 e. The number of halogens is 1. The molecule has 1 aromatic heterocycles. The molecule has 0 aliphatic carbocycles. The minimum absolute atomic E-state index is 0.00991. The van der Waals surface area contributed by atoms with Crippen LogP contribution in [-0.4, -0.2) is 29.1 Å². The summed E-state index contributed by atoms with van der Waals surface area (Å²) in [6.45, 7) is 2.05. The van der Waals surface area contributed by atoms with Crippen LogP contribution in [0, 0.1) is 0 Å². The van der Waals surface area contributed by atoms with Crippen LogP contribution in [0.1, 0.15) is 6.92 Å². The van der Waals surface area contributed by atoms with Crippen LogP contribution in [0.3, 0.4) is 0 Å². The molecule has 0 saturated carbocycles. The molecule has 0 unspecified atom stereocenters. The van der Waals surface area contributed by atoms with Crippen molar-refractivity contribution in [1.29, 1.82) is 0 Å². The fraction of sp³-hybridized carbons (Fsp3) is 0.375. The fourth-order valence-electron chi connectivity index (χ4n) is 0.873. The molecule has 0 spiro atoms. The van der Waals surface area contributed by atoms with Gasteiger partial charge in [0, 0.05) is 0 Å². The van der Waals surface area contributed by atoms with Crippen molar-refractivity contribution < 1.29 is 9.53 Å². The van der Waals surface area contributed by atoms with Gasteiger partial charge in [-0.25, -0.2) is 4.98 Å². The number of nitrogens with zero attached hydrogens (tertiary/aromatic N) is 2. The Labute approximate surface area is 91.8 Å². The van der Waals surface area contributed by atoms with Gasteiger partial charge in [-0.15, -0.1) is 0 Å². The van der Waals surface area contributed by atoms with E-state index < -0.39 is 0 Å². The summed E-state index contributed by atoms with van der Waals surface area (Å²) in [6, 6.07) is 0. The van der Waals surface area contributed by atoms with Gasteiger partial charge < -0.3 is 15.8 Å². The van der Waals surface area contributed by atoms with Gasteiger partial charge in [-0.1, -0.05) is 11.6 Å². The molecule has 0 aromatic carbocycles. The van der Waals surface area contributed by atoms with E-state index in [9.17, 15) is 4.79 Å². The lowest BCUT2D eigenvalue weighted by Crippen LogP contribution is -2.17. The van der Waals surface area contributed by atoms with E-state index in [4.69, 9.17) is 22.1 Å². The normalized spacial score (nSPS) is 9.73. The predicted molar refractivity (Wildman–Crippen MR) is 56.6 cm³/mol. The van der Waals surface area contributed by atoms with Crippen molar-refractivity contribution in [2.75, 3.05) is 24.2 Å². The lowest BCUT2D eigenvalue weighted by molar-refractivity contribution is -0.140. The van der Waals surface area contributed by atoms with Crippen LogP contribution >= 0.6 is 11.6 Å². The highest BCUT2D eigenvalue weighted by molar-refractivity contribution is 6.32. The van der Waals surface area contributed by atoms with E-state index in [1.807, 2.05) is 0 Å². The molecular formula is C8H11ClN4O2. The highest BCUT2D eigenvalue weighted by Crippen LogP contribution is 2.17. The van der Waals surface area contributed by atoms with Crippen LogP contribution in [0.5, 0.6) is 0 Å². The molecule has 3 N–H and O–H groups in total. The summed E-state index contributed by atoms with van der Waals surface area (Å²) < 4.78 is 4.71. The van der Waals surface area contributed by atoms with Crippen LogP contribution in [-0.2, 0) is 9.53 Å². The first kappa shape index (κ1) is 11.5. The summed E-state index contributed by atoms with van der Waals surface area (Å²) in [7, 11) is 0. The van der Waals surface area contributed by atoms with Crippen molar-refractivity contribution in [3.8, 4) is 0 Å². The van der Waals surface area contributed by atoms with Gasteiger partial charge in [0.15, 0.2) is 5.82 Å². The standard InChI is InChI=1S/C8H11ClN4O2/c1-2-15-6(14)4-11-7-5(9)3-12-8(10)13-7/h3H,2,4H2,1H3,(H3,10,11,12,13). The summed E-state index contributed by atoms with van der Waals surface area (Å²) in [6.07, 6.45) is 1.36. The Morgan fingerprint density at radius 3 is 3.13 bits per heavy atom. The van der Waals surface area contributed by atoms with Crippen molar-refractivity contribution in [3.63, 3.8) is 0 Å². The number of aromatic nitrogens is 2. The third-order valence-electron chi connectivity index (χ3n) is 1.47. The molecule has 0 bridgehead atoms. The van der Waals surface area contributed by atoms with Crippen molar-refractivity contribution >= 4 is 29.3 Å². The van der Waals surface area contributed by atoms with Crippen LogP contribution in [0.15, 0.2) is 6.20 Å². The van der Waals surface area contributed by atoms with Crippen LogP contribution in [0.2, 0.25) is 5.02 Å². The quantitative estimate of drug-likeness (QED) is 0.740. The Bertz CT molecular complexity index is 358. The van der Waals surface area contributed by atoms with E-state index >= 15 is 0 Å². The van der Waals surface area contributed by atoms with E-state index in [0.717, 1.165) is 0 Å². The Morgan fingerprint density at radius 2 is 2.47 bits per heavy atom. The molecule has 0 aliphatic heterocycles. The zero-order valence-electron chi connectivity index (χ0n) is 8.16. The number of carbonyl (C=O) groups is 1. The SMILES string of the molecule is CCOC(=O)CNc1nc(N)ncc1Cl. The summed E-state index contributed by atoms with van der Waals surface area (Å²) in [5.41, 5.74) is 5.36. The minimum atomic E-state index is -0.384. The number of carbonyl (C=O) groups excluding carboxylic acids is 1. The Kier molecular flexibility index (Phi) is 4.11. The van der Waals surface area contributed by atoms with E-state index in [-0.39, 0.29) is 18.5 Å². The molecule has 7 heteroatoms. The number of esters is 1. The van der Waals surface area contributed by atoms with E-state index in [1.165, 1.54) is 6.20 Å². The number of ether oxygens (including phenoxy) is 1. The molecule has 1 rings (SSSR count). The maximum atomic E-state index is 11.0. The smallest absolute Gasteiger partial charge is 0.325 e. The zero-order chi connectivity index (χ0) is 11.3. The molecule has 0 saturated heterocycles. The molecule has 0 fully saturated rings. The third kappa shape index (κ3) is 3.59. The fourth-order valence-corrected chi connectivity index (χ4v) is 1.03. The molecular weight excluding hydrogens is 220 g/mol. The van der Waals surface area contributed by atoms with Crippen molar-refractivity contribution in [3.05, 3.63) is 11.2 Å². The summed E-state index contributed by atoms with van der Waals surface area (Å²) in [5.74, 6) is 0.0220. The number of nitrogens with two attached hydrogens (primary N) is 1. The average molecular weight is 231 g/mol. The van der Waals surface area contributed by atoms with E-state index in [1.54, 1.807) is 6.92 Å². The van der Waals surface area contributed by atoms with Crippen LogP contribution in [0.4, 0.5) is 11.8 Å². The number of hydrogen-bond donors (Lipinski definition) is 2. The van der Waals surface area contributed by atoms with Crippen molar-refractivity contribution in [2.45, 2.75) is 6.92 Å². The second-order valence-electron chi connectivity index (χ2n) is 2.58. The second-order valence-corrected chi connectivity index (χ2v) is 2.99. The molecule has 0 radical (unpaired) electrons. The Balaban J connectivity index is 2.57. The van der Waals surface area contributed by atoms with Gasteiger partial charge in [-0.3, -0.25) is 4.79 Å². The number of nitrogen functional groups attached to an aromatic ring is 1. The third-order valence-corrected chi connectivity index (χ3v) is 1.74. The van der Waals surface area contributed by atoms with Gasteiger partial charge >= 0.3 is 5.97 Å². The van der Waals surface area contributed by atoms with E-state index in [0.29, 0.717) is 17.4 Å². The predicted octanol–water partition coefficient (Wildman–Crippen LogP) is 0.687. The topological polar surface area (TPSA) is 90.1 Å². The molecule has 0 amide bonds. The molecule has 15 heavy (non-hydrogen) atoms. The van der Waals surface area contributed by atoms with Gasteiger partial charge in [0.25, 0.3) is 0 Å². The summed E-state index contributed by atoms with van der Waals surface area (Å²) in [4.78, 5) is 18.5. The first-order valence-electron chi connectivity index (χ1n) is 4.31. The number of nitrogens with one attached hydrogen (secondary N) is 1. The molecule has 1 heterocycles. The molecule has 0 atom stereocenters. The Morgan fingerprint density at radius 1 is 1.73 bits per heavy atom. The van der Waals surface area contributed by atoms with Gasteiger partial charge in [-0.2, -0.15) is 4.98 Å². The van der Waals surface area contributed by atoms with Gasteiger partial charge in [-0.05, 0) is 6.92 Å². The number of hydrogen-bond acceptors (Lipinski definition) is 6. The van der Waals surface area contributed by atoms with Crippen molar-refractivity contribution in [1.82, 2.24) is 9.97 Å². The number of anilines is 2. The highest BCUT2D eigenvalue weighted by Gasteiger charge is 2.06. The summed E-state index contributed by atoms with van der Waals surface area (Å²) >= 11 is 5.76. The van der Waals surface area contributed by atoms with Gasteiger partial charge in [0.2, 0.25) is 5.95 Å². The van der Waals surface area contributed by atoms with Crippen LogP contribution < -0.4 is 11.1 Å². The van der Waals surface area contributed by atoms with E-state index in [2.05, 4.69) is 15.3 Å². The zero-order valence-corrected chi connectivity index (χ0v) is 8.91. The van der Waals surface area contributed by atoms with Gasteiger partial charge in [0.05, 0.1) is 12.8 Å². The van der Waals surface area contributed by atoms with Gasteiger partial charge in [0.1, 0.15) is 11.6 Å². The minimum Gasteiger partial charge on any atom is -0.465 e. The summed E-state index contributed by atoms with van der Waals surface area (Å²) in [5, 5.41) is 3.00. The second kappa shape index (κ2) is 5.35. The monoisotopic (exact) mass is 230 g/mol. The molecule has 0 aliphatic rings. The van der Waals surface area contributed by atoms with Crippen LogP contribution in [0.25, 0.3) is 0 Å². The largest absolute Gasteiger partial charge is 0.465 e. The first-order valence-corrected chi connectivity index (χ1v) is 4.68.